The van der Waals surface area contributed by atoms with Crippen LogP contribution in [0.25, 0.3) is 11.1 Å². The SMILES string of the molecule is O=C(CSc1nc2ccc([N+](=O)[O-])cc2o1)Nc1ccccc1. The van der Waals surface area contributed by atoms with E-state index in [1.165, 1.54) is 18.2 Å². The van der Waals surface area contributed by atoms with E-state index in [9.17, 15) is 14.9 Å². The minimum Gasteiger partial charge on any atom is -0.431 e. The number of nitro benzene ring substituents is 1. The van der Waals surface area contributed by atoms with Crippen molar-refractivity contribution in [2.75, 3.05) is 11.1 Å². The second kappa shape index (κ2) is 6.49. The number of para-hydroxylation sites is 1. The molecule has 0 aliphatic rings. The van der Waals surface area contributed by atoms with E-state index in [1.54, 1.807) is 12.1 Å². The first-order valence-corrected chi connectivity index (χ1v) is 7.63. The van der Waals surface area contributed by atoms with Crippen molar-refractivity contribution < 1.29 is 14.1 Å². The third kappa shape index (κ3) is 3.67. The van der Waals surface area contributed by atoms with Gasteiger partial charge in [-0.2, -0.15) is 0 Å². The van der Waals surface area contributed by atoms with Crippen molar-refractivity contribution in [2.45, 2.75) is 5.22 Å². The molecular weight excluding hydrogens is 318 g/mol. The fourth-order valence-electron chi connectivity index (χ4n) is 1.91. The molecule has 7 nitrogen and oxygen atoms in total. The number of aromatic nitrogens is 1. The van der Waals surface area contributed by atoms with Gasteiger partial charge in [-0.25, -0.2) is 4.98 Å². The first-order valence-electron chi connectivity index (χ1n) is 6.64. The number of hydrogen-bond donors (Lipinski definition) is 1. The molecule has 1 aromatic heterocycles. The van der Waals surface area contributed by atoms with E-state index >= 15 is 0 Å². The van der Waals surface area contributed by atoms with E-state index in [4.69, 9.17) is 4.42 Å². The van der Waals surface area contributed by atoms with E-state index in [1.807, 2.05) is 18.2 Å². The number of carbonyl (C=O) groups is 1. The molecule has 1 heterocycles. The number of nitro groups is 1. The van der Waals surface area contributed by atoms with Gasteiger partial charge in [-0.05, 0) is 18.2 Å². The monoisotopic (exact) mass is 329 g/mol. The van der Waals surface area contributed by atoms with Gasteiger partial charge >= 0.3 is 0 Å². The lowest BCUT2D eigenvalue weighted by atomic mass is 10.3. The summed E-state index contributed by atoms with van der Waals surface area (Å²) in [6.45, 7) is 0. The average molecular weight is 329 g/mol. The second-order valence-corrected chi connectivity index (χ2v) is 5.52. The standard InChI is InChI=1S/C15H11N3O4S/c19-14(16-10-4-2-1-3-5-10)9-23-15-17-12-7-6-11(18(20)21)8-13(12)22-15/h1-8H,9H2,(H,16,19). The molecule has 8 heteroatoms. The number of carbonyl (C=O) groups excluding carboxylic acids is 1. The number of nitrogens with zero attached hydrogens (tertiary/aromatic N) is 2. The van der Waals surface area contributed by atoms with Gasteiger partial charge in [0, 0.05) is 11.8 Å². The summed E-state index contributed by atoms with van der Waals surface area (Å²) in [4.78, 5) is 26.3. The molecule has 0 aliphatic heterocycles. The largest absolute Gasteiger partial charge is 0.431 e. The van der Waals surface area contributed by atoms with Crippen molar-refractivity contribution in [1.29, 1.82) is 0 Å². The maximum atomic E-state index is 11.9. The zero-order valence-electron chi connectivity index (χ0n) is 11.8. The van der Waals surface area contributed by atoms with Gasteiger partial charge in [0.05, 0.1) is 16.7 Å². The first kappa shape index (κ1) is 15.0. The van der Waals surface area contributed by atoms with Gasteiger partial charge in [0.2, 0.25) is 5.91 Å². The van der Waals surface area contributed by atoms with E-state index in [-0.39, 0.29) is 17.3 Å². The first-order chi connectivity index (χ1) is 11.1. The van der Waals surface area contributed by atoms with Crippen LogP contribution in [-0.2, 0) is 4.79 Å². The number of fused-ring (bicyclic) bond motifs is 1. The summed E-state index contributed by atoms with van der Waals surface area (Å²) in [5.41, 5.74) is 1.49. The third-order valence-corrected chi connectivity index (χ3v) is 3.78. The lowest BCUT2D eigenvalue weighted by Gasteiger charge is -2.02. The van der Waals surface area contributed by atoms with Crippen LogP contribution in [0.2, 0.25) is 0 Å². The van der Waals surface area contributed by atoms with Crippen molar-refractivity contribution in [3.63, 3.8) is 0 Å². The van der Waals surface area contributed by atoms with E-state index in [0.29, 0.717) is 22.0 Å². The van der Waals surface area contributed by atoms with Crippen LogP contribution in [0.1, 0.15) is 0 Å². The Morgan fingerprint density at radius 3 is 2.78 bits per heavy atom. The molecule has 0 saturated carbocycles. The highest BCUT2D eigenvalue weighted by Crippen LogP contribution is 2.26. The Bertz CT molecular complexity index is 864. The Morgan fingerprint density at radius 2 is 2.04 bits per heavy atom. The third-order valence-electron chi connectivity index (χ3n) is 2.95. The normalized spacial score (nSPS) is 10.6. The number of nitrogens with one attached hydrogen (secondary N) is 1. The fraction of sp³-hybridized carbons (Fsp3) is 0.0667. The molecule has 0 unspecified atom stereocenters. The van der Waals surface area contributed by atoms with Gasteiger partial charge in [-0.1, -0.05) is 30.0 Å². The Hall–Kier alpha value is -2.87. The zero-order valence-corrected chi connectivity index (χ0v) is 12.6. The smallest absolute Gasteiger partial charge is 0.273 e. The van der Waals surface area contributed by atoms with E-state index in [2.05, 4.69) is 10.3 Å². The molecule has 0 saturated heterocycles. The second-order valence-electron chi connectivity index (χ2n) is 4.59. The predicted octanol–water partition coefficient (Wildman–Crippen LogP) is 3.47. The fourth-order valence-corrected chi connectivity index (χ4v) is 2.55. The molecule has 0 spiro atoms. The lowest BCUT2D eigenvalue weighted by molar-refractivity contribution is -0.384. The van der Waals surface area contributed by atoms with Crippen molar-refractivity contribution in [2.24, 2.45) is 0 Å². The number of non-ortho nitro benzene ring substituents is 1. The van der Waals surface area contributed by atoms with Crippen LogP contribution in [0, 0.1) is 10.1 Å². The molecular formula is C15H11N3O4S. The van der Waals surface area contributed by atoms with Crippen molar-refractivity contribution in [1.82, 2.24) is 4.98 Å². The van der Waals surface area contributed by atoms with Crippen LogP contribution in [0.4, 0.5) is 11.4 Å². The van der Waals surface area contributed by atoms with Gasteiger partial charge in [0.15, 0.2) is 5.58 Å². The van der Waals surface area contributed by atoms with Crippen LogP contribution in [0.5, 0.6) is 0 Å². The van der Waals surface area contributed by atoms with E-state index in [0.717, 1.165) is 11.8 Å². The molecule has 0 atom stereocenters. The van der Waals surface area contributed by atoms with Crippen LogP contribution >= 0.6 is 11.8 Å². The Morgan fingerprint density at radius 1 is 1.26 bits per heavy atom. The summed E-state index contributed by atoms with van der Waals surface area (Å²) < 4.78 is 5.43. The minimum absolute atomic E-state index is 0.0629. The number of hydrogen-bond acceptors (Lipinski definition) is 6. The minimum atomic E-state index is -0.498. The maximum absolute atomic E-state index is 11.9. The van der Waals surface area contributed by atoms with Gasteiger partial charge in [-0.15, -0.1) is 0 Å². The van der Waals surface area contributed by atoms with Crippen LogP contribution < -0.4 is 5.32 Å². The van der Waals surface area contributed by atoms with Crippen molar-refractivity contribution >= 4 is 40.1 Å². The van der Waals surface area contributed by atoms with Crippen molar-refractivity contribution in [3.05, 3.63) is 58.6 Å². The van der Waals surface area contributed by atoms with Gasteiger partial charge in [0.1, 0.15) is 5.52 Å². The highest BCUT2D eigenvalue weighted by Gasteiger charge is 2.13. The molecule has 3 aromatic rings. The summed E-state index contributed by atoms with van der Waals surface area (Å²) in [6, 6.07) is 13.3. The Kier molecular flexibility index (Phi) is 4.24. The van der Waals surface area contributed by atoms with Crippen LogP contribution in [0.15, 0.2) is 58.2 Å². The number of benzene rings is 2. The highest BCUT2D eigenvalue weighted by molar-refractivity contribution is 7.99. The quantitative estimate of drug-likeness (QED) is 0.437. The summed E-state index contributed by atoms with van der Waals surface area (Å²) in [5, 5.41) is 13.8. The molecule has 23 heavy (non-hydrogen) atoms. The number of thioether (sulfide) groups is 1. The number of amides is 1. The highest BCUT2D eigenvalue weighted by atomic mass is 32.2. The maximum Gasteiger partial charge on any atom is 0.273 e. The van der Waals surface area contributed by atoms with Crippen LogP contribution in [0.3, 0.4) is 0 Å². The number of oxazole rings is 1. The lowest BCUT2D eigenvalue weighted by Crippen LogP contribution is -2.13. The zero-order chi connectivity index (χ0) is 16.2. The van der Waals surface area contributed by atoms with Gasteiger partial charge in [-0.3, -0.25) is 14.9 Å². The van der Waals surface area contributed by atoms with E-state index < -0.39 is 4.92 Å². The molecule has 3 rings (SSSR count). The van der Waals surface area contributed by atoms with Gasteiger partial charge < -0.3 is 9.73 Å². The number of rotatable bonds is 5. The summed E-state index contributed by atoms with van der Waals surface area (Å²) in [7, 11) is 0. The molecule has 0 bridgehead atoms. The summed E-state index contributed by atoms with van der Waals surface area (Å²) in [5.74, 6) is -0.0569. The topological polar surface area (TPSA) is 98.3 Å². The molecule has 1 N–H and O–H groups in total. The van der Waals surface area contributed by atoms with Crippen molar-refractivity contribution in [3.8, 4) is 0 Å². The average Bonchev–Trinajstić information content (AvgIpc) is 2.96. The number of anilines is 1. The summed E-state index contributed by atoms with van der Waals surface area (Å²) in [6.07, 6.45) is 0. The molecule has 0 radical (unpaired) electrons. The van der Waals surface area contributed by atoms with Gasteiger partial charge in [0.25, 0.3) is 10.9 Å². The molecule has 1 amide bonds. The Labute approximate surface area is 134 Å². The summed E-state index contributed by atoms with van der Waals surface area (Å²) >= 11 is 1.13. The molecule has 2 aromatic carbocycles. The molecule has 0 fully saturated rings. The Balaban J connectivity index is 1.65. The van der Waals surface area contributed by atoms with Crippen LogP contribution in [-0.4, -0.2) is 21.6 Å². The predicted molar refractivity (Wildman–Crippen MR) is 86.5 cm³/mol. The molecule has 116 valence electrons. The molecule has 0 aliphatic carbocycles.